The van der Waals surface area contributed by atoms with E-state index in [0.717, 1.165) is 62.8 Å². The van der Waals surface area contributed by atoms with Crippen LogP contribution in [0.25, 0.3) is 0 Å². The highest BCUT2D eigenvalue weighted by atomic mass is 32.1. The predicted octanol–water partition coefficient (Wildman–Crippen LogP) is 4.53. The van der Waals surface area contributed by atoms with Gasteiger partial charge in [0, 0.05) is 62.4 Å². The Labute approximate surface area is 242 Å². The molecule has 2 aliphatic rings. The average Bonchev–Trinajstić information content (AvgIpc) is 3.43. The highest BCUT2D eigenvalue weighted by Gasteiger charge is 2.41. The number of pyridine rings is 1. The van der Waals surface area contributed by atoms with E-state index in [4.69, 9.17) is 17.0 Å². The zero-order valence-electron chi connectivity index (χ0n) is 23.7. The summed E-state index contributed by atoms with van der Waals surface area (Å²) in [5.74, 6) is -0.0259. The zero-order valence-corrected chi connectivity index (χ0v) is 24.5. The highest BCUT2D eigenvalue weighted by molar-refractivity contribution is 7.80. The Bertz CT molecular complexity index is 1320. The van der Waals surface area contributed by atoms with Gasteiger partial charge < -0.3 is 24.8 Å². The number of anilines is 1. The van der Waals surface area contributed by atoms with Gasteiger partial charge in [-0.3, -0.25) is 14.7 Å². The number of nitrogens with zero attached hydrogens (tertiary/aromatic N) is 4. The minimum absolute atomic E-state index is 0.0259. The van der Waals surface area contributed by atoms with E-state index in [9.17, 15) is 4.79 Å². The zero-order chi connectivity index (χ0) is 28.1. The normalized spacial score (nSPS) is 19.6. The van der Waals surface area contributed by atoms with Gasteiger partial charge in [0.25, 0.3) is 0 Å². The molecule has 2 atom stereocenters. The van der Waals surface area contributed by atoms with Crippen LogP contribution in [0.5, 0.6) is 0 Å². The topological polar surface area (TPSA) is 74.7 Å². The largest absolute Gasteiger partial charge is 0.379 e. The van der Waals surface area contributed by atoms with E-state index in [1.54, 1.807) is 0 Å². The number of benzene rings is 1. The summed E-state index contributed by atoms with van der Waals surface area (Å²) in [6, 6.07) is 16.0. The van der Waals surface area contributed by atoms with Crippen LogP contribution in [0.1, 0.15) is 53.1 Å². The number of nitrogens with one attached hydrogen (secondary N) is 2. The molecule has 1 aromatic carbocycles. The van der Waals surface area contributed by atoms with E-state index < -0.39 is 0 Å². The molecule has 8 nitrogen and oxygen atoms in total. The Kier molecular flexibility index (Phi) is 9.14. The number of aromatic nitrogens is 2. The van der Waals surface area contributed by atoms with Crippen molar-refractivity contribution in [2.75, 3.05) is 44.7 Å². The van der Waals surface area contributed by atoms with Crippen LogP contribution in [-0.2, 0) is 16.1 Å². The number of ether oxygens (including phenoxy) is 1. The molecule has 40 heavy (non-hydrogen) atoms. The van der Waals surface area contributed by atoms with Crippen molar-refractivity contribution in [1.29, 1.82) is 0 Å². The van der Waals surface area contributed by atoms with Gasteiger partial charge in [0.1, 0.15) is 0 Å². The number of carbonyl (C=O) groups is 1. The van der Waals surface area contributed by atoms with Crippen molar-refractivity contribution in [3.05, 3.63) is 82.9 Å². The van der Waals surface area contributed by atoms with Gasteiger partial charge in [-0.15, -0.1) is 0 Å². The molecule has 5 rings (SSSR count). The van der Waals surface area contributed by atoms with E-state index in [0.29, 0.717) is 18.1 Å². The fourth-order valence-corrected chi connectivity index (χ4v) is 6.23. The molecule has 4 heterocycles. The lowest BCUT2D eigenvalue weighted by Crippen LogP contribution is -2.37. The molecule has 2 fully saturated rings. The Morgan fingerprint density at radius 3 is 2.65 bits per heavy atom. The van der Waals surface area contributed by atoms with Gasteiger partial charge in [-0.25, -0.2) is 0 Å². The molecule has 3 aromatic rings. The van der Waals surface area contributed by atoms with Gasteiger partial charge >= 0.3 is 0 Å². The lowest BCUT2D eigenvalue weighted by atomic mass is 9.96. The van der Waals surface area contributed by atoms with Crippen LogP contribution in [-0.4, -0.2) is 69.8 Å². The molecule has 2 aliphatic heterocycles. The second-order valence-electron chi connectivity index (χ2n) is 10.8. The van der Waals surface area contributed by atoms with E-state index >= 15 is 0 Å². The van der Waals surface area contributed by atoms with Crippen molar-refractivity contribution >= 4 is 28.9 Å². The minimum atomic E-state index is -0.101. The summed E-state index contributed by atoms with van der Waals surface area (Å²) in [5.41, 5.74) is 6.58. The van der Waals surface area contributed by atoms with Crippen molar-refractivity contribution in [3.63, 3.8) is 0 Å². The van der Waals surface area contributed by atoms with Crippen molar-refractivity contribution < 1.29 is 9.53 Å². The number of hydrogen-bond donors (Lipinski definition) is 2. The summed E-state index contributed by atoms with van der Waals surface area (Å²) >= 11 is 5.85. The van der Waals surface area contributed by atoms with Crippen LogP contribution >= 0.6 is 12.2 Å². The van der Waals surface area contributed by atoms with E-state index in [1.807, 2.05) is 55.6 Å². The Hall–Kier alpha value is -3.27. The molecule has 2 saturated heterocycles. The maximum atomic E-state index is 12.9. The first-order valence-corrected chi connectivity index (χ1v) is 14.6. The smallest absolute Gasteiger partial charge is 0.226 e. The molecular formula is C31H40N6O2S. The van der Waals surface area contributed by atoms with E-state index in [-0.39, 0.29) is 18.0 Å². The monoisotopic (exact) mass is 560 g/mol. The molecule has 1 amide bonds. The molecule has 0 aliphatic carbocycles. The molecular weight excluding hydrogens is 520 g/mol. The van der Waals surface area contributed by atoms with Crippen LogP contribution in [0.2, 0.25) is 0 Å². The van der Waals surface area contributed by atoms with Crippen molar-refractivity contribution in [3.8, 4) is 0 Å². The third-order valence-electron chi connectivity index (χ3n) is 7.97. The summed E-state index contributed by atoms with van der Waals surface area (Å²) in [6.07, 6.45) is 3.24. The first-order valence-electron chi connectivity index (χ1n) is 14.2. The second-order valence-corrected chi connectivity index (χ2v) is 11.2. The Morgan fingerprint density at radius 1 is 1.07 bits per heavy atom. The second kappa shape index (κ2) is 12.9. The maximum Gasteiger partial charge on any atom is 0.226 e. The molecule has 0 spiro atoms. The highest BCUT2D eigenvalue weighted by Crippen LogP contribution is 2.41. The number of carbonyl (C=O) groups excluding carboxylic acids is 1. The standard InChI is InChI=1S/C31H40N6O2S/c1-22-8-6-9-25(20-22)33-28(38)11-15-37-30(29(34-31(37)40)27-10-4-5-12-32-27)26-21-23(2)36(24(26)3)14-7-13-35-16-18-39-19-17-35/h4-6,8-10,12,20-21,29-30H,7,11,13-19H2,1-3H3,(H,33,38)(H,34,40). The predicted molar refractivity (Wildman–Crippen MR) is 162 cm³/mol. The van der Waals surface area contributed by atoms with Gasteiger partial charge in [-0.05, 0) is 80.9 Å². The van der Waals surface area contributed by atoms with Crippen LogP contribution in [0, 0.1) is 20.8 Å². The Balaban J connectivity index is 1.34. The number of rotatable bonds is 10. The van der Waals surface area contributed by atoms with E-state index in [2.05, 4.69) is 49.9 Å². The molecule has 0 saturated carbocycles. The number of hydrogen-bond acceptors (Lipinski definition) is 5. The van der Waals surface area contributed by atoms with Crippen molar-refractivity contribution in [2.24, 2.45) is 0 Å². The van der Waals surface area contributed by atoms with Crippen molar-refractivity contribution in [1.82, 2.24) is 24.7 Å². The average molecular weight is 561 g/mol. The van der Waals surface area contributed by atoms with Crippen LogP contribution in [0.4, 0.5) is 5.69 Å². The van der Waals surface area contributed by atoms with Gasteiger partial charge in [-0.2, -0.15) is 0 Å². The van der Waals surface area contributed by atoms with E-state index in [1.165, 1.54) is 17.0 Å². The lowest BCUT2D eigenvalue weighted by Gasteiger charge is -2.28. The third kappa shape index (κ3) is 6.54. The fraction of sp³-hybridized carbons (Fsp3) is 0.452. The van der Waals surface area contributed by atoms with Gasteiger partial charge in [-0.1, -0.05) is 18.2 Å². The number of amides is 1. The first-order chi connectivity index (χ1) is 19.4. The third-order valence-corrected chi connectivity index (χ3v) is 8.32. The molecule has 0 radical (unpaired) electrons. The number of morpholine rings is 1. The molecule has 2 N–H and O–H groups in total. The number of thiocarbonyl (C=S) groups is 1. The SMILES string of the molecule is Cc1cccc(NC(=O)CCN2C(=S)NC(c3ccccn3)C2c2cc(C)n(CCCN3CCOCC3)c2C)c1. The fourth-order valence-electron chi connectivity index (χ4n) is 5.90. The summed E-state index contributed by atoms with van der Waals surface area (Å²) in [6.45, 7) is 12.6. The summed E-state index contributed by atoms with van der Waals surface area (Å²) in [5, 5.41) is 7.22. The first kappa shape index (κ1) is 28.3. The molecule has 2 aromatic heterocycles. The summed E-state index contributed by atoms with van der Waals surface area (Å²) in [4.78, 5) is 22.3. The van der Waals surface area contributed by atoms with Gasteiger partial charge in [0.15, 0.2) is 5.11 Å². The van der Waals surface area contributed by atoms with Crippen LogP contribution in [0.3, 0.4) is 0 Å². The van der Waals surface area contributed by atoms with Crippen molar-refractivity contribution in [2.45, 2.75) is 52.2 Å². The van der Waals surface area contributed by atoms with Crippen LogP contribution < -0.4 is 10.6 Å². The van der Waals surface area contributed by atoms with Gasteiger partial charge in [0.2, 0.25) is 5.91 Å². The summed E-state index contributed by atoms with van der Waals surface area (Å²) in [7, 11) is 0. The molecule has 2 unspecified atom stereocenters. The minimum Gasteiger partial charge on any atom is -0.379 e. The molecule has 9 heteroatoms. The summed E-state index contributed by atoms with van der Waals surface area (Å²) < 4.78 is 7.92. The molecule has 212 valence electrons. The van der Waals surface area contributed by atoms with Gasteiger partial charge in [0.05, 0.1) is 31.0 Å². The number of aryl methyl sites for hydroxylation is 2. The molecule has 0 bridgehead atoms. The maximum absolute atomic E-state index is 12.9. The van der Waals surface area contributed by atoms with Crippen LogP contribution in [0.15, 0.2) is 54.7 Å². The lowest BCUT2D eigenvalue weighted by molar-refractivity contribution is -0.116. The Morgan fingerprint density at radius 2 is 1.90 bits per heavy atom. The quantitative estimate of drug-likeness (QED) is 0.353.